The van der Waals surface area contributed by atoms with Crippen molar-refractivity contribution in [2.75, 3.05) is 36.8 Å². The minimum Gasteiger partial charge on any atom is -0.444 e. The average Bonchev–Trinajstić information content (AvgIpc) is 2.72. The number of carbonyl (C=O) groups excluding carboxylic acids is 1. The van der Waals surface area contributed by atoms with Crippen molar-refractivity contribution in [2.24, 2.45) is 0 Å². The third kappa shape index (κ3) is 4.30. The Morgan fingerprint density at radius 2 is 1.70 bits per heavy atom. The van der Waals surface area contributed by atoms with Crippen LogP contribution in [-0.2, 0) is 4.74 Å². The lowest BCUT2D eigenvalue weighted by atomic mass is 10.1. The summed E-state index contributed by atoms with van der Waals surface area (Å²) in [5, 5.41) is 0.928. The van der Waals surface area contributed by atoms with Crippen molar-refractivity contribution in [1.29, 1.82) is 0 Å². The van der Waals surface area contributed by atoms with Crippen molar-refractivity contribution in [3.63, 3.8) is 0 Å². The Bertz CT molecular complexity index is 1050. The molecule has 1 saturated heterocycles. The summed E-state index contributed by atoms with van der Waals surface area (Å²) < 4.78 is 5.49. The molecule has 7 heteroatoms. The Morgan fingerprint density at radius 3 is 2.37 bits per heavy atom. The van der Waals surface area contributed by atoms with Crippen LogP contribution < -0.4 is 10.6 Å². The predicted octanol–water partition coefficient (Wildman–Crippen LogP) is 3.94. The van der Waals surface area contributed by atoms with Crippen molar-refractivity contribution in [3.8, 4) is 11.3 Å². The fourth-order valence-electron chi connectivity index (χ4n) is 3.51. The van der Waals surface area contributed by atoms with E-state index >= 15 is 0 Å². The van der Waals surface area contributed by atoms with Crippen LogP contribution in [0.15, 0.2) is 48.5 Å². The first kappa shape index (κ1) is 19.9. The summed E-state index contributed by atoms with van der Waals surface area (Å²) in [6.07, 6.45) is -0.276. The molecule has 2 aromatic carbocycles. The molecule has 1 aromatic heterocycles. The summed E-state index contributed by atoms with van der Waals surface area (Å²) in [6, 6.07) is 15.8. The highest BCUT2D eigenvalue weighted by Crippen LogP contribution is 2.30. The molecule has 30 heavy (non-hydrogen) atoms. The van der Waals surface area contributed by atoms with E-state index in [4.69, 9.17) is 20.4 Å². The van der Waals surface area contributed by atoms with Crippen LogP contribution in [0.2, 0.25) is 0 Å². The number of piperazine rings is 1. The number of amides is 1. The number of nitrogen functional groups attached to an aromatic ring is 1. The zero-order valence-corrected chi connectivity index (χ0v) is 17.6. The van der Waals surface area contributed by atoms with Gasteiger partial charge < -0.3 is 20.3 Å². The van der Waals surface area contributed by atoms with Crippen molar-refractivity contribution in [1.82, 2.24) is 14.9 Å². The first-order valence-electron chi connectivity index (χ1n) is 10.2. The summed E-state index contributed by atoms with van der Waals surface area (Å²) in [5.41, 5.74) is 8.93. The molecule has 0 unspecified atom stereocenters. The second-order valence-electron chi connectivity index (χ2n) is 8.47. The molecule has 0 spiro atoms. The van der Waals surface area contributed by atoms with Crippen LogP contribution in [0.3, 0.4) is 0 Å². The van der Waals surface area contributed by atoms with Crippen molar-refractivity contribution >= 4 is 28.6 Å². The van der Waals surface area contributed by atoms with Crippen LogP contribution in [0.4, 0.5) is 16.4 Å². The predicted molar refractivity (Wildman–Crippen MR) is 119 cm³/mol. The van der Waals surface area contributed by atoms with Crippen LogP contribution in [0.25, 0.3) is 22.2 Å². The molecule has 2 N–H and O–H groups in total. The molecule has 2 heterocycles. The molecule has 0 atom stereocenters. The molecule has 0 saturated carbocycles. The second-order valence-corrected chi connectivity index (χ2v) is 8.47. The van der Waals surface area contributed by atoms with E-state index in [1.807, 2.05) is 69.3 Å². The van der Waals surface area contributed by atoms with Crippen molar-refractivity contribution in [2.45, 2.75) is 26.4 Å². The number of ether oxygens (including phenoxy) is 1. The first-order chi connectivity index (χ1) is 14.3. The third-order valence-electron chi connectivity index (χ3n) is 4.97. The Hall–Kier alpha value is -3.35. The topological polar surface area (TPSA) is 84.6 Å². The maximum absolute atomic E-state index is 12.3. The summed E-state index contributed by atoms with van der Waals surface area (Å²) in [5.74, 6) is 0.662. The van der Waals surface area contributed by atoms with E-state index in [0.717, 1.165) is 22.2 Å². The summed E-state index contributed by atoms with van der Waals surface area (Å²) in [6.45, 7) is 8.06. The Kier molecular flexibility index (Phi) is 5.20. The summed E-state index contributed by atoms with van der Waals surface area (Å²) in [4.78, 5) is 25.9. The molecule has 1 fully saturated rings. The number of fused-ring (bicyclic) bond motifs is 1. The van der Waals surface area contributed by atoms with Gasteiger partial charge in [0.05, 0.1) is 11.2 Å². The van der Waals surface area contributed by atoms with Crippen LogP contribution in [0.1, 0.15) is 20.8 Å². The molecule has 1 amide bonds. The van der Waals surface area contributed by atoms with Gasteiger partial charge in [-0.25, -0.2) is 14.8 Å². The lowest BCUT2D eigenvalue weighted by molar-refractivity contribution is 0.0240. The molecular weight excluding hydrogens is 378 g/mol. The molecular formula is C23H27N5O2. The zero-order valence-electron chi connectivity index (χ0n) is 17.6. The normalized spacial score (nSPS) is 14.8. The third-order valence-corrected chi connectivity index (χ3v) is 4.97. The number of rotatable bonds is 2. The number of hydrogen-bond donors (Lipinski definition) is 1. The van der Waals surface area contributed by atoms with Crippen LogP contribution in [0, 0.1) is 0 Å². The van der Waals surface area contributed by atoms with Gasteiger partial charge in [0.2, 0.25) is 5.95 Å². The lowest BCUT2D eigenvalue weighted by Gasteiger charge is -2.35. The number of nitrogens with zero attached hydrogens (tertiary/aromatic N) is 4. The van der Waals surface area contributed by atoms with E-state index in [2.05, 4.69) is 4.90 Å². The Labute approximate surface area is 176 Å². The fraction of sp³-hybridized carbons (Fsp3) is 0.348. The molecule has 4 rings (SSSR count). The molecule has 0 bridgehead atoms. The maximum Gasteiger partial charge on any atom is 0.410 e. The Balaban J connectivity index is 1.61. The largest absolute Gasteiger partial charge is 0.444 e. The van der Waals surface area contributed by atoms with Gasteiger partial charge in [0.25, 0.3) is 0 Å². The van der Waals surface area contributed by atoms with Gasteiger partial charge in [0.15, 0.2) is 0 Å². The number of aromatic nitrogens is 2. The van der Waals surface area contributed by atoms with Gasteiger partial charge in [-0.3, -0.25) is 0 Å². The summed E-state index contributed by atoms with van der Waals surface area (Å²) >= 11 is 0. The zero-order chi connectivity index (χ0) is 21.3. The second kappa shape index (κ2) is 7.82. The molecule has 7 nitrogen and oxygen atoms in total. The minimum absolute atomic E-state index is 0.276. The van der Waals surface area contributed by atoms with Gasteiger partial charge in [-0.1, -0.05) is 30.3 Å². The van der Waals surface area contributed by atoms with E-state index in [-0.39, 0.29) is 6.09 Å². The van der Waals surface area contributed by atoms with Crippen LogP contribution in [-0.4, -0.2) is 52.7 Å². The van der Waals surface area contributed by atoms with Gasteiger partial charge in [0.1, 0.15) is 5.60 Å². The van der Waals surface area contributed by atoms with Crippen molar-refractivity contribution < 1.29 is 9.53 Å². The van der Waals surface area contributed by atoms with Crippen LogP contribution in [0.5, 0.6) is 0 Å². The van der Waals surface area contributed by atoms with Gasteiger partial charge in [-0.15, -0.1) is 0 Å². The van der Waals surface area contributed by atoms with E-state index in [9.17, 15) is 4.79 Å². The molecule has 3 aromatic rings. The number of anilines is 2. The van der Waals surface area contributed by atoms with Gasteiger partial charge in [-0.2, -0.15) is 0 Å². The van der Waals surface area contributed by atoms with Gasteiger partial charge in [0, 0.05) is 42.8 Å². The highest BCUT2D eigenvalue weighted by Gasteiger charge is 2.27. The summed E-state index contributed by atoms with van der Waals surface area (Å²) in [7, 11) is 0. The smallest absolute Gasteiger partial charge is 0.410 e. The fourth-order valence-corrected chi connectivity index (χ4v) is 3.51. The van der Waals surface area contributed by atoms with E-state index in [1.165, 1.54) is 0 Å². The van der Waals surface area contributed by atoms with Crippen LogP contribution >= 0.6 is 0 Å². The standard InChI is InChI=1S/C23H27N5O2/c1-23(2,3)30-22(29)28-13-11-27(12-14-28)21-25-19-10-9-17(24)15-18(19)20(26-21)16-7-5-4-6-8-16/h4-10,15H,11-14,24H2,1-3H3. The quantitative estimate of drug-likeness (QED) is 0.650. The highest BCUT2D eigenvalue weighted by molar-refractivity contribution is 5.95. The number of nitrogens with two attached hydrogens (primary N) is 1. The van der Waals surface area contributed by atoms with E-state index in [0.29, 0.717) is 37.8 Å². The molecule has 156 valence electrons. The number of hydrogen-bond acceptors (Lipinski definition) is 6. The molecule has 1 aliphatic rings. The van der Waals surface area contributed by atoms with E-state index in [1.54, 1.807) is 4.90 Å². The molecule has 1 aliphatic heterocycles. The van der Waals surface area contributed by atoms with Gasteiger partial charge in [-0.05, 0) is 39.0 Å². The Morgan fingerprint density at radius 1 is 1.00 bits per heavy atom. The maximum atomic E-state index is 12.3. The number of benzene rings is 2. The van der Waals surface area contributed by atoms with Crippen molar-refractivity contribution in [3.05, 3.63) is 48.5 Å². The first-order valence-corrected chi connectivity index (χ1v) is 10.2. The van der Waals surface area contributed by atoms with Gasteiger partial charge >= 0.3 is 6.09 Å². The average molecular weight is 406 g/mol. The minimum atomic E-state index is -0.498. The molecule has 0 aliphatic carbocycles. The monoisotopic (exact) mass is 405 g/mol. The van der Waals surface area contributed by atoms with E-state index < -0.39 is 5.60 Å². The number of carbonyl (C=O) groups is 1. The SMILES string of the molecule is CC(C)(C)OC(=O)N1CCN(c2nc(-c3ccccc3)c3cc(N)ccc3n2)CC1. The lowest BCUT2D eigenvalue weighted by Crippen LogP contribution is -2.50. The molecule has 0 radical (unpaired) electrons. The highest BCUT2D eigenvalue weighted by atomic mass is 16.6.